The fourth-order valence-electron chi connectivity index (χ4n) is 1.53. The minimum atomic E-state index is -0.387. The van der Waals surface area contributed by atoms with Gasteiger partial charge in [0.15, 0.2) is 0 Å². The highest BCUT2D eigenvalue weighted by atomic mass is 16.5. The van der Waals surface area contributed by atoms with Gasteiger partial charge in [0.2, 0.25) is 0 Å². The van der Waals surface area contributed by atoms with Crippen LogP contribution in [0.15, 0.2) is 24.3 Å². The van der Waals surface area contributed by atoms with Crippen LogP contribution in [-0.4, -0.2) is 13.4 Å². The van der Waals surface area contributed by atoms with Crippen LogP contribution in [0.4, 0.5) is 0 Å². The van der Waals surface area contributed by atoms with Crippen molar-refractivity contribution < 1.29 is 9.53 Å². The van der Waals surface area contributed by atoms with Crippen molar-refractivity contribution in [1.82, 2.24) is 0 Å². The summed E-state index contributed by atoms with van der Waals surface area (Å²) in [6.07, 6.45) is 1.03. The van der Waals surface area contributed by atoms with E-state index in [9.17, 15) is 4.79 Å². The van der Waals surface area contributed by atoms with Crippen LogP contribution in [0.3, 0.4) is 0 Å². The second kappa shape index (κ2) is 4.28. The summed E-state index contributed by atoms with van der Waals surface area (Å²) >= 11 is 0. The number of methoxy groups -OCH3 is 1. The van der Waals surface area contributed by atoms with Crippen molar-refractivity contribution in [1.29, 1.82) is 0 Å². The van der Waals surface area contributed by atoms with Crippen LogP contribution < -0.4 is 4.74 Å². The molecule has 0 saturated heterocycles. The molecular formula is C14H20O2. The van der Waals surface area contributed by atoms with E-state index in [4.69, 9.17) is 4.74 Å². The third-order valence-electron chi connectivity index (χ3n) is 3.72. The summed E-state index contributed by atoms with van der Waals surface area (Å²) in [6, 6.07) is 7.89. The van der Waals surface area contributed by atoms with Gasteiger partial charge in [-0.05, 0) is 17.7 Å². The van der Waals surface area contributed by atoms with E-state index in [0.29, 0.717) is 0 Å². The van der Waals surface area contributed by atoms with Gasteiger partial charge < -0.3 is 9.53 Å². The molecule has 1 aromatic carbocycles. The van der Waals surface area contributed by atoms with Crippen LogP contribution in [0, 0.1) is 5.41 Å². The highest BCUT2D eigenvalue weighted by molar-refractivity contribution is 5.62. The highest BCUT2D eigenvalue weighted by Gasteiger charge is 2.38. The predicted molar refractivity (Wildman–Crippen MR) is 65.9 cm³/mol. The van der Waals surface area contributed by atoms with E-state index in [2.05, 4.69) is 13.8 Å². The lowest BCUT2D eigenvalue weighted by molar-refractivity contribution is -0.117. The van der Waals surface area contributed by atoms with Crippen LogP contribution in [0.5, 0.6) is 5.75 Å². The Labute approximate surface area is 97.6 Å². The monoisotopic (exact) mass is 220 g/mol. The Kier molecular flexibility index (Phi) is 3.41. The first-order valence-corrected chi connectivity index (χ1v) is 5.46. The van der Waals surface area contributed by atoms with Crippen LogP contribution in [0.2, 0.25) is 0 Å². The molecule has 0 aliphatic carbocycles. The van der Waals surface area contributed by atoms with E-state index in [1.165, 1.54) is 0 Å². The quantitative estimate of drug-likeness (QED) is 0.728. The highest BCUT2D eigenvalue weighted by Crippen LogP contribution is 2.40. The first-order valence-electron chi connectivity index (χ1n) is 5.46. The molecule has 0 fully saturated rings. The number of rotatable bonds is 4. The molecule has 0 bridgehead atoms. The van der Waals surface area contributed by atoms with Crippen molar-refractivity contribution >= 4 is 6.29 Å². The molecular weight excluding hydrogens is 200 g/mol. The molecule has 0 aliphatic rings. The second-order valence-electron chi connectivity index (χ2n) is 5.19. The molecule has 0 amide bonds. The topological polar surface area (TPSA) is 26.3 Å². The number of ether oxygens (including phenoxy) is 1. The van der Waals surface area contributed by atoms with Crippen molar-refractivity contribution in [2.24, 2.45) is 5.41 Å². The van der Waals surface area contributed by atoms with E-state index >= 15 is 0 Å². The van der Waals surface area contributed by atoms with Gasteiger partial charge in [0.25, 0.3) is 0 Å². The second-order valence-corrected chi connectivity index (χ2v) is 5.19. The molecule has 0 aromatic heterocycles. The number of aldehydes is 1. The maximum Gasteiger partial charge on any atom is 0.126 e. The third-order valence-corrected chi connectivity index (χ3v) is 3.72. The smallest absolute Gasteiger partial charge is 0.126 e. The summed E-state index contributed by atoms with van der Waals surface area (Å²) in [7, 11) is 1.65. The number of carbonyl (C=O) groups is 1. The van der Waals surface area contributed by atoms with Crippen molar-refractivity contribution in [3.8, 4) is 5.75 Å². The summed E-state index contributed by atoms with van der Waals surface area (Å²) in [5.74, 6) is 0.837. The Hall–Kier alpha value is -1.31. The van der Waals surface area contributed by atoms with E-state index in [1.807, 2.05) is 38.1 Å². The summed E-state index contributed by atoms with van der Waals surface area (Å²) < 4.78 is 5.12. The molecule has 88 valence electrons. The molecule has 0 spiro atoms. The van der Waals surface area contributed by atoms with Crippen LogP contribution in [0.1, 0.15) is 33.3 Å². The summed E-state index contributed by atoms with van der Waals surface area (Å²) in [5.41, 5.74) is 0.563. The number of hydrogen-bond acceptors (Lipinski definition) is 2. The van der Waals surface area contributed by atoms with Crippen molar-refractivity contribution in [3.63, 3.8) is 0 Å². The fraction of sp³-hybridized carbons (Fsp3) is 0.500. The molecule has 16 heavy (non-hydrogen) atoms. The summed E-state index contributed by atoms with van der Waals surface area (Å²) in [5, 5.41) is 0. The van der Waals surface area contributed by atoms with E-state index < -0.39 is 0 Å². The molecule has 0 radical (unpaired) electrons. The van der Waals surface area contributed by atoms with Gasteiger partial charge in [-0.15, -0.1) is 0 Å². The molecule has 0 saturated carbocycles. The van der Waals surface area contributed by atoms with Gasteiger partial charge in [-0.2, -0.15) is 0 Å². The maximum atomic E-state index is 11.1. The minimum Gasteiger partial charge on any atom is -0.497 e. The minimum absolute atomic E-state index is 0.193. The van der Waals surface area contributed by atoms with Crippen molar-refractivity contribution in [2.45, 2.75) is 33.1 Å². The molecule has 0 atom stereocenters. The Morgan fingerprint density at radius 2 is 1.56 bits per heavy atom. The molecule has 1 aromatic rings. The standard InChI is InChI=1S/C14H20O2/c1-13(2,10-15)14(3,4)11-6-8-12(16-5)9-7-11/h6-10H,1-5H3. The van der Waals surface area contributed by atoms with Gasteiger partial charge >= 0.3 is 0 Å². The van der Waals surface area contributed by atoms with Gasteiger partial charge in [-0.25, -0.2) is 0 Å². The van der Waals surface area contributed by atoms with Crippen molar-refractivity contribution in [2.75, 3.05) is 7.11 Å². The van der Waals surface area contributed by atoms with Crippen LogP contribution >= 0.6 is 0 Å². The Balaban J connectivity index is 3.11. The van der Waals surface area contributed by atoms with Gasteiger partial charge in [-0.1, -0.05) is 39.8 Å². The molecule has 2 heteroatoms. The molecule has 1 rings (SSSR count). The maximum absolute atomic E-state index is 11.1. The molecule has 0 unspecified atom stereocenters. The van der Waals surface area contributed by atoms with E-state index in [0.717, 1.165) is 17.6 Å². The number of benzene rings is 1. The first-order chi connectivity index (χ1) is 7.35. The zero-order valence-corrected chi connectivity index (χ0v) is 10.7. The fourth-order valence-corrected chi connectivity index (χ4v) is 1.53. The van der Waals surface area contributed by atoms with Crippen LogP contribution in [-0.2, 0) is 10.2 Å². The Morgan fingerprint density at radius 3 is 1.94 bits per heavy atom. The predicted octanol–water partition coefficient (Wildman–Crippen LogP) is 3.20. The lowest BCUT2D eigenvalue weighted by atomic mass is 9.65. The van der Waals surface area contributed by atoms with E-state index in [-0.39, 0.29) is 10.8 Å². The van der Waals surface area contributed by atoms with Crippen LogP contribution in [0.25, 0.3) is 0 Å². The average molecular weight is 220 g/mol. The Bertz CT molecular complexity index is 361. The zero-order chi connectivity index (χ0) is 12.4. The molecule has 0 aliphatic heterocycles. The SMILES string of the molecule is COc1ccc(C(C)(C)C(C)(C)C=O)cc1. The Morgan fingerprint density at radius 1 is 1.06 bits per heavy atom. The van der Waals surface area contributed by atoms with E-state index in [1.54, 1.807) is 7.11 Å². The zero-order valence-electron chi connectivity index (χ0n) is 10.7. The van der Waals surface area contributed by atoms with Gasteiger partial charge in [-0.3, -0.25) is 0 Å². The lowest BCUT2D eigenvalue weighted by Crippen LogP contribution is -2.37. The first kappa shape index (κ1) is 12.8. The van der Waals surface area contributed by atoms with Gasteiger partial charge in [0.1, 0.15) is 12.0 Å². The molecule has 0 N–H and O–H groups in total. The summed E-state index contributed by atoms with van der Waals surface area (Å²) in [4.78, 5) is 11.1. The molecule has 0 heterocycles. The average Bonchev–Trinajstić information content (AvgIpc) is 2.29. The number of hydrogen-bond donors (Lipinski definition) is 0. The third kappa shape index (κ3) is 2.11. The van der Waals surface area contributed by atoms with Gasteiger partial charge in [0.05, 0.1) is 7.11 Å². The normalized spacial score (nSPS) is 12.3. The van der Waals surface area contributed by atoms with Gasteiger partial charge in [0, 0.05) is 10.8 Å². The van der Waals surface area contributed by atoms with Crippen molar-refractivity contribution in [3.05, 3.63) is 29.8 Å². The largest absolute Gasteiger partial charge is 0.497 e. The lowest BCUT2D eigenvalue weighted by Gasteiger charge is -2.38. The molecule has 2 nitrogen and oxygen atoms in total. The summed E-state index contributed by atoms with van der Waals surface area (Å²) in [6.45, 7) is 8.10. The number of carbonyl (C=O) groups excluding carboxylic acids is 1.